The van der Waals surface area contributed by atoms with Crippen molar-refractivity contribution < 1.29 is 18.7 Å². The first-order valence-corrected chi connectivity index (χ1v) is 10.4. The lowest BCUT2D eigenvalue weighted by Gasteiger charge is -2.26. The molecule has 3 aromatic rings. The predicted molar refractivity (Wildman–Crippen MR) is 121 cm³/mol. The summed E-state index contributed by atoms with van der Waals surface area (Å²) in [6.07, 6.45) is 0. The largest absolute Gasteiger partial charge is 0.465 e. The zero-order chi connectivity index (χ0) is 23.2. The lowest BCUT2D eigenvalue weighted by atomic mass is 9.96. The third-order valence-corrected chi connectivity index (χ3v) is 6.02. The minimum atomic E-state index is -0.591. The van der Waals surface area contributed by atoms with Gasteiger partial charge in [0.2, 0.25) is 5.76 Å². The molecule has 0 spiro atoms. The van der Waals surface area contributed by atoms with Gasteiger partial charge in [0.25, 0.3) is 5.91 Å². The molecule has 1 atom stereocenters. The van der Waals surface area contributed by atoms with E-state index in [1.165, 1.54) is 7.11 Å². The highest BCUT2D eigenvalue weighted by molar-refractivity contribution is 5.99. The van der Waals surface area contributed by atoms with Crippen molar-refractivity contribution >= 4 is 22.8 Å². The summed E-state index contributed by atoms with van der Waals surface area (Å²) in [5, 5.41) is 0.463. The molecule has 0 saturated carbocycles. The van der Waals surface area contributed by atoms with Crippen LogP contribution in [-0.2, 0) is 4.74 Å². The van der Waals surface area contributed by atoms with Crippen molar-refractivity contribution in [1.29, 1.82) is 0 Å². The SMILES string of the molecule is COC(=O)c1ccc([C@@H]2c3c(oc4cc(C)c(C)cc4c3=O)C(=O)N2CCN(C)C)cc1. The van der Waals surface area contributed by atoms with Crippen molar-refractivity contribution in [1.82, 2.24) is 9.80 Å². The van der Waals surface area contributed by atoms with Gasteiger partial charge in [-0.3, -0.25) is 9.59 Å². The number of rotatable bonds is 5. The van der Waals surface area contributed by atoms with Crippen molar-refractivity contribution in [2.75, 3.05) is 34.3 Å². The molecule has 2 heterocycles. The van der Waals surface area contributed by atoms with Crippen LogP contribution in [0.4, 0.5) is 0 Å². The van der Waals surface area contributed by atoms with Crippen molar-refractivity contribution in [3.8, 4) is 0 Å². The van der Waals surface area contributed by atoms with Gasteiger partial charge in [-0.05, 0) is 68.9 Å². The molecular weight excluding hydrogens is 408 g/mol. The molecular formula is C25H26N2O5. The third-order valence-electron chi connectivity index (χ3n) is 6.02. The second-order valence-electron chi connectivity index (χ2n) is 8.42. The molecule has 0 unspecified atom stereocenters. The molecule has 7 heteroatoms. The first kappa shape index (κ1) is 21.8. The fourth-order valence-electron chi connectivity index (χ4n) is 4.08. The molecule has 0 bridgehead atoms. The highest BCUT2D eigenvalue weighted by atomic mass is 16.5. The molecule has 0 radical (unpaired) electrons. The Morgan fingerprint density at radius 2 is 1.75 bits per heavy atom. The van der Waals surface area contributed by atoms with Crippen molar-refractivity contribution in [2.45, 2.75) is 19.9 Å². The number of methoxy groups -OCH3 is 1. The smallest absolute Gasteiger partial charge is 0.337 e. The van der Waals surface area contributed by atoms with E-state index >= 15 is 0 Å². The predicted octanol–water partition coefficient (Wildman–Crippen LogP) is 3.30. The lowest BCUT2D eigenvalue weighted by molar-refractivity contribution is 0.0599. The number of carbonyl (C=O) groups is 2. The molecule has 0 saturated heterocycles. The molecule has 1 aliphatic rings. The highest BCUT2D eigenvalue weighted by Gasteiger charge is 2.42. The molecule has 0 aliphatic carbocycles. The van der Waals surface area contributed by atoms with E-state index in [4.69, 9.17) is 9.15 Å². The number of fused-ring (bicyclic) bond motifs is 2. The van der Waals surface area contributed by atoms with Crippen LogP contribution in [0.25, 0.3) is 11.0 Å². The van der Waals surface area contributed by atoms with Gasteiger partial charge in [-0.15, -0.1) is 0 Å². The molecule has 2 aromatic carbocycles. The maximum atomic E-state index is 13.6. The zero-order valence-corrected chi connectivity index (χ0v) is 18.9. The van der Waals surface area contributed by atoms with Crippen LogP contribution in [0.3, 0.4) is 0 Å². The van der Waals surface area contributed by atoms with Crippen molar-refractivity contribution in [3.63, 3.8) is 0 Å². The monoisotopic (exact) mass is 434 g/mol. The Morgan fingerprint density at radius 3 is 2.38 bits per heavy atom. The second-order valence-corrected chi connectivity index (χ2v) is 8.42. The Morgan fingerprint density at radius 1 is 1.09 bits per heavy atom. The number of nitrogens with zero attached hydrogens (tertiary/aromatic N) is 2. The average molecular weight is 434 g/mol. The van der Waals surface area contributed by atoms with E-state index < -0.39 is 12.0 Å². The molecule has 32 heavy (non-hydrogen) atoms. The molecule has 7 nitrogen and oxygen atoms in total. The van der Waals surface area contributed by atoms with Crippen LogP contribution in [0.5, 0.6) is 0 Å². The van der Waals surface area contributed by atoms with E-state index in [9.17, 15) is 14.4 Å². The maximum Gasteiger partial charge on any atom is 0.337 e. The summed E-state index contributed by atoms with van der Waals surface area (Å²) in [5.41, 5.74) is 3.67. The fraction of sp³-hybridized carbons (Fsp3) is 0.320. The molecule has 0 N–H and O–H groups in total. The summed E-state index contributed by atoms with van der Waals surface area (Å²) >= 11 is 0. The van der Waals surface area contributed by atoms with Gasteiger partial charge in [0.1, 0.15) is 5.58 Å². The standard InChI is InChI=1S/C25H26N2O5/c1-14-12-18-19(13-15(14)2)32-23-20(22(18)28)21(27(24(23)29)11-10-26(3)4)16-6-8-17(9-7-16)25(30)31-5/h6-9,12-13,21H,10-11H2,1-5H3/t21-/m1/s1. The van der Waals surface area contributed by atoms with E-state index in [0.29, 0.717) is 35.2 Å². The first-order chi connectivity index (χ1) is 15.2. The number of esters is 1. The highest BCUT2D eigenvalue weighted by Crippen LogP contribution is 2.38. The maximum absolute atomic E-state index is 13.6. The molecule has 1 aliphatic heterocycles. The van der Waals surface area contributed by atoms with Crippen LogP contribution in [0.15, 0.2) is 45.6 Å². The van der Waals surface area contributed by atoms with Gasteiger partial charge in [0.05, 0.1) is 29.7 Å². The Hall–Kier alpha value is -3.45. The number of hydrogen-bond donors (Lipinski definition) is 0. The quantitative estimate of drug-likeness (QED) is 0.574. The van der Waals surface area contributed by atoms with E-state index in [1.54, 1.807) is 29.2 Å². The topological polar surface area (TPSA) is 80.1 Å². The number of carbonyl (C=O) groups excluding carboxylic acids is 2. The van der Waals surface area contributed by atoms with E-state index in [1.807, 2.05) is 45.0 Å². The summed E-state index contributed by atoms with van der Waals surface area (Å²) < 4.78 is 10.8. The number of aryl methyl sites for hydroxylation is 2. The number of benzene rings is 2. The van der Waals surface area contributed by atoms with Gasteiger partial charge in [-0.2, -0.15) is 0 Å². The summed E-state index contributed by atoms with van der Waals surface area (Å²) in [4.78, 5) is 42.4. The molecule has 4 rings (SSSR count). The van der Waals surface area contributed by atoms with Crippen LogP contribution in [0, 0.1) is 13.8 Å². The van der Waals surface area contributed by atoms with Gasteiger partial charge in [-0.1, -0.05) is 12.1 Å². The Labute approximate surface area is 186 Å². The molecule has 1 amide bonds. The fourth-order valence-corrected chi connectivity index (χ4v) is 4.08. The minimum absolute atomic E-state index is 0.0894. The Bertz CT molecular complexity index is 1270. The molecule has 1 aromatic heterocycles. The van der Waals surface area contributed by atoms with Crippen LogP contribution < -0.4 is 5.43 Å². The lowest BCUT2D eigenvalue weighted by Crippen LogP contribution is -2.35. The average Bonchev–Trinajstić information content (AvgIpc) is 3.05. The summed E-state index contributed by atoms with van der Waals surface area (Å²) in [5.74, 6) is -0.659. The first-order valence-electron chi connectivity index (χ1n) is 10.4. The van der Waals surface area contributed by atoms with Crippen LogP contribution in [0.1, 0.15) is 49.2 Å². The minimum Gasteiger partial charge on any atom is -0.465 e. The Kier molecular flexibility index (Phi) is 5.60. The van der Waals surface area contributed by atoms with E-state index in [-0.39, 0.29) is 17.1 Å². The van der Waals surface area contributed by atoms with E-state index in [2.05, 4.69) is 0 Å². The number of hydrogen-bond acceptors (Lipinski definition) is 6. The normalized spacial score (nSPS) is 15.5. The van der Waals surface area contributed by atoms with Crippen molar-refractivity contribution in [3.05, 3.63) is 80.2 Å². The third kappa shape index (κ3) is 3.58. The summed E-state index contributed by atoms with van der Waals surface area (Å²) in [6, 6.07) is 9.83. The molecule has 166 valence electrons. The summed E-state index contributed by atoms with van der Waals surface area (Å²) in [6.45, 7) is 4.94. The second kappa shape index (κ2) is 8.24. The number of likely N-dealkylation sites (N-methyl/N-ethyl adjacent to an activating group) is 1. The number of amides is 1. The molecule has 0 fully saturated rings. The number of ether oxygens (including phenoxy) is 1. The van der Waals surface area contributed by atoms with Crippen molar-refractivity contribution in [2.24, 2.45) is 0 Å². The Balaban J connectivity index is 1.91. The zero-order valence-electron chi connectivity index (χ0n) is 18.9. The van der Waals surface area contributed by atoms with Gasteiger partial charge in [0.15, 0.2) is 5.43 Å². The summed E-state index contributed by atoms with van der Waals surface area (Å²) in [7, 11) is 5.18. The van der Waals surface area contributed by atoms with Crippen LogP contribution in [-0.4, -0.2) is 56.0 Å². The van der Waals surface area contributed by atoms with Gasteiger partial charge in [0, 0.05) is 13.1 Å². The van der Waals surface area contributed by atoms with Gasteiger partial charge < -0.3 is 19.0 Å². The van der Waals surface area contributed by atoms with Gasteiger partial charge >= 0.3 is 5.97 Å². The van der Waals surface area contributed by atoms with Crippen LogP contribution in [0.2, 0.25) is 0 Å². The van der Waals surface area contributed by atoms with Gasteiger partial charge in [-0.25, -0.2) is 4.79 Å². The van der Waals surface area contributed by atoms with Crippen LogP contribution >= 0.6 is 0 Å². The van der Waals surface area contributed by atoms with E-state index in [0.717, 1.165) is 16.7 Å².